The Kier molecular flexibility index (Phi) is 7.16. The fraction of sp³-hybridized carbons (Fsp3) is 0.538. The van der Waals surface area contributed by atoms with E-state index >= 15 is 0 Å². The van der Waals surface area contributed by atoms with Crippen LogP contribution in [0.3, 0.4) is 0 Å². The van der Waals surface area contributed by atoms with E-state index in [0.717, 1.165) is 22.1 Å². The van der Waals surface area contributed by atoms with E-state index < -0.39 is 0 Å². The highest BCUT2D eigenvalue weighted by Gasteiger charge is 2.09. The first kappa shape index (κ1) is 15.0. The van der Waals surface area contributed by atoms with E-state index in [2.05, 4.69) is 51.0 Å². The van der Waals surface area contributed by atoms with Crippen LogP contribution >= 0.6 is 31.9 Å². The van der Waals surface area contributed by atoms with Crippen molar-refractivity contribution in [1.29, 1.82) is 0 Å². The summed E-state index contributed by atoms with van der Waals surface area (Å²) in [6.07, 6.45) is 0. The van der Waals surface area contributed by atoms with Gasteiger partial charge in [-0.05, 0) is 30.2 Å². The molecule has 0 radical (unpaired) electrons. The van der Waals surface area contributed by atoms with Crippen molar-refractivity contribution >= 4 is 31.9 Å². The van der Waals surface area contributed by atoms with Crippen molar-refractivity contribution in [2.75, 3.05) is 18.5 Å². The molecule has 1 aromatic carbocycles. The maximum atomic E-state index is 5.64. The van der Waals surface area contributed by atoms with E-state index in [0.29, 0.717) is 18.6 Å². The van der Waals surface area contributed by atoms with Crippen molar-refractivity contribution in [1.82, 2.24) is 5.32 Å². The number of hydrogen-bond acceptors (Lipinski definition) is 2. The maximum Gasteiger partial charge on any atom is 0.119 e. The second kappa shape index (κ2) is 8.11. The van der Waals surface area contributed by atoms with E-state index in [1.807, 2.05) is 24.3 Å². The molecule has 0 fully saturated rings. The van der Waals surface area contributed by atoms with Crippen LogP contribution in [0.1, 0.15) is 13.8 Å². The Morgan fingerprint density at radius 1 is 1.24 bits per heavy atom. The number of benzene rings is 1. The first-order chi connectivity index (χ1) is 8.13. The van der Waals surface area contributed by atoms with Crippen molar-refractivity contribution in [2.24, 2.45) is 5.92 Å². The molecule has 0 saturated carbocycles. The van der Waals surface area contributed by atoms with Gasteiger partial charge in [-0.15, -0.1) is 0 Å². The van der Waals surface area contributed by atoms with E-state index in [-0.39, 0.29) is 0 Å². The molecule has 1 N–H and O–H groups in total. The number of halogens is 2. The predicted octanol–water partition coefficient (Wildman–Crippen LogP) is 3.84. The smallest absolute Gasteiger partial charge is 0.119 e. The summed E-state index contributed by atoms with van der Waals surface area (Å²) in [6, 6.07) is 8.41. The third-order valence-electron chi connectivity index (χ3n) is 2.56. The second-order valence-corrected chi connectivity index (χ2v) is 5.82. The second-order valence-electron chi connectivity index (χ2n) is 4.26. The minimum atomic E-state index is 0.503. The third kappa shape index (κ3) is 5.89. The zero-order valence-electron chi connectivity index (χ0n) is 10.2. The van der Waals surface area contributed by atoms with E-state index in [4.69, 9.17) is 4.74 Å². The molecular weight excluding hydrogens is 346 g/mol. The van der Waals surface area contributed by atoms with Gasteiger partial charge in [0.25, 0.3) is 0 Å². The number of alkyl halides is 1. The van der Waals surface area contributed by atoms with Gasteiger partial charge in [0, 0.05) is 22.4 Å². The highest BCUT2D eigenvalue weighted by atomic mass is 79.9. The molecule has 0 saturated heterocycles. The standard InChI is InChI=1S/C13H19Br2NO/c1-10(2)13(9-14)16-7-8-17-12-5-3-11(15)4-6-12/h3-6,10,13,16H,7-9H2,1-2H3. The summed E-state index contributed by atoms with van der Waals surface area (Å²) < 4.78 is 6.71. The van der Waals surface area contributed by atoms with Crippen molar-refractivity contribution in [3.63, 3.8) is 0 Å². The van der Waals surface area contributed by atoms with Crippen molar-refractivity contribution in [2.45, 2.75) is 19.9 Å². The Balaban J connectivity index is 2.22. The van der Waals surface area contributed by atoms with E-state index in [1.165, 1.54) is 0 Å². The molecule has 96 valence electrons. The molecule has 2 nitrogen and oxygen atoms in total. The Morgan fingerprint density at radius 2 is 1.88 bits per heavy atom. The van der Waals surface area contributed by atoms with Gasteiger partial charge in [-0.1, -0.05) is 45.7 Å². The van der Waals surface area contributed by atoms with Gasteiger partial charge in [-0.25, -0.2) is 0 Å². The Hall–Kier alpha value is -0.0600. The quantitative estimate of drug-likeness (QED) is 0.586. The predicted molar refractivity (Wildman–Crippen MR) is 80.1 cm³/mol. The lowest BCUT2D eigenvalue weighted by Crippen LogP contribution is -2.37. The first-order valence-corrected chi connectivity index (χ1v) is 7.72. The minimum absolute atomic E-state index is 0.503. The highest BCUT2D eigenvalue weighted by molar-refractivity contribution is 9.10. The molecule has 0 amide bonds. The zero-order chi connectivity index (χ0) is 12.7. The van der Waals surface area contributed by atoms with Crippen molar-refractivity contribution < 1.29 is 4.74 Å². The Morgan fingerprint density at radius 3 is 2.41 bits per heavy atom. The number of ether oxygens (including phenoxy) is 1. The van der Waals surface area contributed by atoms with Crippen molar-refractivity contribution in [3.8, 4) is 5.75 Å². The van der Waals surface area contributed by atoms with Crippen LogP contribution in [0.5, 0.6) is 5.75 Å². The maximum absolute atomic E-state index is 5.64. The fourth-order valence-electron chi connectivity index (χ4n) is 1.41. The normalized spacial score (nSPS) is 12.8. The van der Waals surface area contributed by atoms with Gasteiger partial charge in [-0.3, -0.25) is 0 Å². The molecule has 1 atom stereocenters. The lowest BCUT2D eigenvalue weighted by atomic mass is 10.1. The molecule has 0 aromatic heterocycles. The molecule has 4 heteroatoms. The van der Waals surface area contributed by atoms with Crippen LogP contribution < -0.4 is 10.1 Å². The molecule has 0 aliphatic carbocycles. The van der Waals surface area contributed by atoms with E-state index in [1.54, 1.807) is 0 Å². The summed E-state index contributed by atoms with van der Waals surface area (Å²) in [6.45, 7) is 5.99. The van der Waals surface area contributed by atoms with Crippen molar-refractivity contribution in [3.05, 3.63) is 28.7 Å². The molecule has 0 heterocycles. The summed E-state index contributed by atoms with van der Waals surface area (Å²) >= 11 is 6.91. The zero-order valence-corrected chi connectivity index (χ0v) is 13.4. The lowest BCUT2D eigenvalue weighted by Gasteiger charge is -2.19. The third-order valence-corrected chi connectivity index (χ3v) is 3.79. The summed E-state index contributed by atoms with van der Waals surface area (Å²) in [5.74, 6) is 1.54. The molecule has 0 spiro atoms. The van der Waals surface area contributed by atoms with Crippen LogP contribution in [0.25, 0.3) is 0 Å². The van der Waals surface area contributed by atoms with Gasteiger partial charge >= 0.3 is 0 Å². The Labute approximate surface area is 120 Å². The first-order valence-electron chi connectivity index (χ1n) is 5.81. The van der Waals surface area contributed by atoms with Gasteiger partial charge < -0.3 is 10.1 Å². The highest BCUT2D eigenvalue weighted by Crippen LogP contribution is 2.15. The van der Waals surface area contributed by atoms with Crippen LogP contribution in [0.2, 0.25) is 0 Å². The lowest BCUT2D eigenvalue weighted by molar-refractivity contribution is 0.298. The van der Waals surface area contributed by atoms with Gasteiger partial charge in [0.1, 0.15) is 12.4 Å². The molecule has 0 bridgehead atoms. The number of rotatable bonds is 7. The Bertz CT molecular complexity index is 314. The number of nitrogens with one attached hydrogen (secondary N) is 1. The minimum Gasteiger partial charge on any atom is -0.492 e. The summed E-state index contributed by atoms with van der Waals surface area (Å²) in [4.78, 5) is 0. The summed E-state index contributed by atoms with van der Waals surface area (Å²) in [5, 5.41) is 4.44. The molecular formula is C13H19Br2NO. The fourth-order valence-corrected chi connectivity index (χ4v) is 2.65. The van der Waals surface area contributed by atoms with Crippen LogP contribution in [-0.2, 0) is 0 Å². The van der Waals surface area contributed by atoms with Gasteiger partial charge in [0.15, 0.2) is 0 Å². The van der Waals surface area contributed by atoms with Gasteiger partial charge in [0.2, 0.25) is 0 Å². The molecule has 0 aliphatic rings. The SMILES string of the molecule is CC(C)C(CBr)NCCOc1ccc(Br)cc1. The molecule has 0 aliphatic heterocycles. The molecule has 1 aromatic rings. The topological polar surface area (TPSA) is 21.3 Å². The molecule has 17 heavy (non-hydrogen) atoms. The van der Waals surface area contributed by atoms with Crippen LogP contribution in [0.15, 0.2) is 28.7 Å². The summed E-state index contributed by atoms with van der Waals surface area (Å²) in [5.41, 5.74) is 0. The van der Waals surface area contributed by atoms with Gasteiger partial charge in [-0.2, -0.15) is 0 Å². The average molecular weight is 365 g/mol. The van der Waals surface area contributed by atoms with Crippen LogP contribution in [0, 0.1) is 5.92 Å². The summed E-state index contributed by atoms with van der Waals surface area (Å²) in [7, 11) is 0. The van der Waals surface area contributed by atoms with E-state index in [9.17, 15) is 0 Å². The molecule has 1 rings (SSSR count). The molecule has 1 unspecified atom stereocenters. The number of hydrogen-bond donors (Lipinski definition) is 1. The van der Waals surface area contributed by atoms with Gasteiger partial charge in [0.05, 0.1) is 0 Å². The van der Waals surface area contributed by atoms with Crippen LogP contribution in [0.4, 0.5) is 0 Å². The monoisotopic (exact) mass is 363 g/mol. The van der Waals surface area contributed by atoms with Crippen LogP contribution in [-0.4, -0.2) is 24.5 Å². The average Bonchev–Trinajstić information content (AvgIpc) is 2.31. The largest absolute Gasteiger partial charge is 0.492 e.